The van der Waals surface area contributed by atoms with Crippen LogP contribution in [0.3, 0.4) is 0 Å². The molecule has 2 fully saturated rings. The molecular formula is C13H19FN2S. The minimum absolute atomic E-state index is 0.166. The Morgan fingerprint density at radius 1 is 1.41 bits per heavy atom. The van der Waals surface area contributed by atoms with Crippen LogP contribution in [0.1, 0.15) is 42.3 Å². The van der Waals surface area contributed by atoms with Crippen LogP contribution in [0.15, 0.2) is 5.38 Å². The molecule has 1 saturated carbocycles. The zero-order chi connectivity index (χ0) is 11.7. The molecule has 1 atom stereocenters. The Morgan fingerprint density at radius 3 is 3.06 bits per heavy atom. The van der Waals surface area contributed by atoms with E-state index in [0.717, 1.165) is 38.4 Å². The lowest BCUT2D eigenvalue weighted by atomic mass is 9.99. The normalized spacial score (nSPS) is 26.3. The van der Waals surface area contributed by atoms with Gasteiger partial charge in [0.25, 0.3) is 0 Å². The van der Waals surface area contributed by atoms with Gasteiger partial charge in [-0.05, 0) is 32.2 Å². The lowest BCUT2D eigenvalue weighted by Gasteiger charge is -2.30. The van der Waals surface area contributed by atoms with E-state index < -0.39 is 0 Å². The first kappa shape index (κ1) is 11.6. The fourth-order valence-corrected chi connectivity index (χ4v) is 3.55. The van der Waals surface area contributed by atoms with E-state index in [-0.39, 0.29) is 12.6 Å². The fraction of sp³-hybridized carbons (Fsp3) is 0.769. The average Bonchev–Trinajstić information content (AvgIpc) is 3.11. The Bertz CT molecular complexity index is 375. The van der Waals surface area contributed by atoms with Crippen LogP contribution in [0, 0.1) is 5.92 Å². The summed E-state index contributed by atoms with van der Waals surface area (Å²) in [5, 5.41) is 3.51. The molecule has 4 heteroatoms. The number of thiazole rings is 1. The second-order valence-electron chi connectivity index (χ2n) is 5.35. The van der Waals surface area contributed by atoms with Crippen molar-refractivity contribution in [2.45, 2.75) is 38.1 Å². The number of rotatable bonds is 4. The number of hydrogen-bond donors (Lipinski definition) is 0. The van der Waals surface area contributed by atoms with Gasteiger partial charge in [0.1, 0.15) is 0 Å². The Kier molecular flexibility index (Phi) is 3.43. The molecule has 3 rings (SSSR count). The van der Waals surface area contributed by atoms with Gasteiger partial charge in [0.2, 0.25) is 0 Å². The summed E-state index contributed by atoms with van der Waals surface area (Å²) < 4.78 is 12.7. The Balaban J connectivity index is 1.57. The van der Waals surface area contributed by atoms with Crippen LogP contribution in [0.4, 0.5) is 4.39 Å². The molecule has 1 aliphatic carbocycles. The zero-order valence-electron chi connectivity index (χ0n) is 10.1. The first-order valence-electron chi connectivity index (χ1n) is 6.58. The summed E-state index contributed by atoms with van der Waals surface area (Å²) in [6.07, 6.45) is 4.83. The van der Waals surface area contributed by atoms with E-state index in [0.29, 0.717) is 0 Å². The molecule has 0 bridgehead atoms. The number of likely N-dealkylation sites (tertiary alicyclic amines) is 1. The molecule has 0 amide bonds. The smallest absolute Gasteiger partial charge is 0.0959 e. The molecule has 1 aromatic heterocycles. The van der Waals surface area contributed by atoms with E-state index in [1.165, 1.54) is 23.5 Å². The van der Waals surface area contributed by atoms with Crippen molar-refractivity contribution in [1.29, 1.82) is 0 Å². The van der Waals surface area contributed by atoms with Crippen molar-refractivity contribution < 1.29 is 4.39 Å². The van der Waals surface area contributed by atoms with Gasteiger partial charge in [0, 0.05) is 30.3 Å². The van der Waals surface area contributed by atoms with Crippen LogP contribution in [0.25, 0.3) is 0 Å². The first-order valence-corrected chi connectivity index (χ1v) is 7.45. The largest absolute Gasteiger partial charge is 0.297 e. The summed E-state index contributed by atoms with van der Waals surface area (Å²) in [5.74, 6) is 1.01. The van der Waals surface area contributed by atoms with Crippen LogP contribution in [-0.4, -0.2) is 29.6 Å². The van der Waals surface area contributed by atoms with Gasteiger partial charge in [0.05, 0.1) is 17.4 Å². The molecule has 0 radical (unpaired) electrons. The molecule has 0 N–H and O–H groups in total. The topological polar surface area (TPSA) is 16.1 Å². The standard InChI is InChI=1S/C13H19FN2S/c14-6-10-2-1-5-16(7-10)8-12-9-17-13(15-12)11-3-4-11/h9-11H,1-8H2. The maximum absolute atomic E-state index is 12.7. The fourth-order valence-electron chi connectivity index (χ4n) is 2.56. The van der Waals surface area contributed by atoms with Crippen molar-refractivity contribution >= 4 is 11.3 Å². The number of aromatic nitrogens is 1. The first-order chi connectivity index (χ1) is 8.35. The third kappa shape index (κ3) is 2.86. The molecule has 2 nitrogen and oxygen atoms in total. The van der Waals surface area contributed by atoms with E-state index in [1.54, 1.807) is 11.3 Å². The minimum atomic E-state index is -0.166. The van der Waals surface area contributed by atoms with Gasteiger partial charge >= 0.3 is 0 Å². The zero-order valence-corrected chi connectivity index (χ0v) is 10.9. The average molecular weight is 254 g/mol. The van der Waals surface area contributed by atoms with E-state index in [1.807, 2.05) is 0 Å². The number of nitrogens with zero attached hydrogens (tertiary/aromatic N) is 2. The highest BCUT2D eigenvalue weighted by atomic mass is 32.1. The number of alkyl halides is 1. The molecule has 2 aliphatic rings. The lowest BCUT2D eigenvalue weighted by Crippen LogP contribution is -2.35. The van der Waals surface area contributed by atoms with Gasteiger partial charge in [-0.25, -0.2) is 4.98 Å². The molecule has 2 heterocycles. The van der Waals surface area contributed by atoms with E-state index in [9.17, 15) is 4.39 Å². The Hall–Kier alpha value is -0.480. The highest BCUT2D eigenvalue weighted by Gasteiger charge is 2.27. The molecule has 1 aromatic rings. The van der Waals surface area contributed by atoms with Crippen LogP contribution < -0.4 is 0 Å². The van der Waals surface area contributed by atoms with E-state index in [2.05, 4.69) is 10.3 Å². The molecule has 17 heavy (non-hydrogen) atoms. The number of halogens is 1. The number of hydrogen-bond acceptors (Lipinski definition) is 3. The monoisotopic (exact) mass is 254 g/mol. The minimum Gasteiger partial charge on any atom is -0.297 e. The lowest BCUT2D eigenvalue weighted by molar-refractivity contribution is 0.146. The van der Waals surface area contributed by atoms with Crippen LogP contribution >= 0.6 is 11.3 Å². The highest BCUT2D eigenvalue weighted by molar-refractivity contribution is 7.09. The number of piperidine rings is 1. The van der Waals surface area contributed by atoms with Crippen molar-refractivity contribution in [3.8, 4) is 0 Å². The van der Waals surface area contributed by atoms with Crippen molar-refractivity contribution in [2.75, 3.05) is 19.8 Å². The van der Waals surface area contributed by atoms with Gasteiger partial charge < -0.3 is 0 Å². The third-order valence-corrected chi connectivity index (χ3v) is 4.76. The van der Waals surface area contributed by atoms with Gasteiger partial charge in [-0.2, -0.15) is 0 Å². The predicted molar refractivity (Wildman–Crippen MR) is 68.1 cm³/mol. The van der Waals surface area contributed by atoms with Crippen LogP contribution in [-0.2, 0) is 6.54 Å². The van der Waals surface area contributed by atoms with E-state index >= 15 is 0 Å². The molecule has 0 aromatic carbocycles. The van der Waals surface area contributed by atoms with Crippen molar-refractivity contribution in [3.63, 3.8) is 0 Å². The second-order valence-corrected chi connectivity index (χ2v) is 6.24. The summed E-state index contributed by atoms with van der Waals surface area (Å²) in [6.45, 7) is 2.76. The maximum atomic E-state index is 12.7. The van der Waals surface area contributed by atoms with Crippen molar-refractivity contribution in [2.24, 2.45) is 5.92 Å². The molecular weight excluding hydrogens is 235 g/mol. The van der Waals surface area contributed by atoms with E-state index in [4.69, 9.17) is 4.98 Å². The van der Waals surface area contributed by atoms with Crippen molar-refractivity contribution in [3.05, 3.63) is 16.1 Å². The van der Waals surface area contributed by atoms with Crippen LogP contribution in [0.2, 0.25) is 0 Å². The summed E-state index contributed by atoms with van der Waals surface area (Å²) >= 11 is 1.80. The van der Waals surface area contributed by atoms with Gasteiger partial charge in [0.15, 0.2) is 0 Å². The second kappa shape index (κ2) is 5.02. The SMILES string of the molecule is FCC1CCCN(Cc2csc(C3CC3)n2)C1. The molecule has 1 unspecified atom stereocenters. The maximum Gasteiger partial charge on any atom is 0.0959 e. The molecule has 1 aliphatic heterocycles. The summed E-state index contributed by atoms with van der Waals surface area (Å²) in [5.41, 5.74) is 1.19. The third-order valence-electron chi connectivity index (χ3n) is 3.70. The quantitative estimate of drug-likeness (QED) is 0.820. The van der Waals surface area contributed by atoms with Gasteiger partial charge in [-0.1, -0.05) is 0 Å². The summed E-state index contributed by atoms with van der Waals surface area (Å²) in [7, 11) is 0. The summed E-state index contributed by atoms with van der Waals surface area (Å²) in [6, 6.07) is 0. The van der Waals surface area contributed by atoms with Crippen LogP contribution in [0.5, 0.6) is 0 Å². The van der Waals surface area contributed by atoms with Gasteiger partial charge in [-0.15, -0.1) is 11.3 Å². The Labute approximate surface area is 106 Å². The van der Waals surface area contributed by atoms with Gasteiger partial charge in [-0.3, -0.25) is 9.29 Å². The highest BCUT2D eigenvalue weighted by Crippen LogP contribution is 2.41. The summed E-state index contributed by atoms with van der Waals surface area (Å²) in [4.78, 5) is 7.06. The Morgan fingerprint density at radius 2 is 2.29 bits per heavy atom. The van der Waals surface area contributed by atoms with Crippen molar-refractivity contribution in [1.82, 2.24) is 9.88 Å². The predicted octanol–water partition coefficient (Wildman–Crippen LogP) is 3.20. The molecule has 94 valence electrons. The molecule has 1 saturated heterocycles. The molecule has 0 spiro atoms.